The second kappa shape index (κ2) is 7.88. The monoisotopic (exact) mass is 343 g/mol. The second-order valence-corrected chi connectivity index (χ2v) is 7.15. The van der Waals surface area contributed by atoms with Gasteiger partial charge in [-0.3, -0.25) is 4.79 Å². The van der Waals surface area contributed by atoms with Crippen LogP contribution in [0.3, 0.4) is 0 Å². The molecular weight excluding hydrogens is 318 g/mol. The van der Waals surface area contributed by atoms with Crippen molar-refractivity contribution in [2.75, 3.05) is 12.8 Å². The molecule has 0 bridgehead atoms. The Kier molecular flexibility index (Phi) is 5.61. The van der Waals surface area contributed by atoms with E-state index in [9.17, 15) is 4.79 Å². The van der Waals surface area contributed by atoms with Crippen molar-refractivity contribution in [3.63, 3.8) is 0 Å². The number of likely N-dealkylation sites (tertiary alicyclic amines) is 1. The Labute approximate surface area is 148 Å². The average Bonchev–Trinajstić information content (AvgIpc) is 3.04. The Morgan fingerprint density at radius 1 is 1.33 bits per heavy atom. The first-order valence-electron chi connectivity index (χ1n) is 8.62. The molecule has 1 fully saturated rings. The lowest BCUT2D eigenvalue weighted by molar-refractivity contribution is 0.0591. The molecule has 1 aromatic carbocycles. The highest BCUT2D eigenvalue weighted by Gasteiger charge is 2.28. The number of amides is 1. The lowest BCUT2D eigenvalue weighted by Crippen LogP contribution is -2.44. The van der Waals surface area contributed by atoms with Crippen molar-refractivity contribution in [2.45, 2.75) is 50.1 Å². The first-order valence-corrected chi connectivity index (χ1v) is 9.85. The molecule has 1 atom stereocenters. The van der Waals surface area contributed by atoms with Gasteiger partial charge in [-0.15, -0.1) is 11.8 Å². The van der Waals surface area contributed by atoms with Gasteiger partial charge in [0.1, 0.15) is 5.82 Å². The van der Waals surface area contributed by atoms with Gasteiger partial charge in [-0.05, 0) is 51.0 Å². The van der Waals surface area contributed by atoms with Gasteiger partial charge in [-0.1, -0.05) is 12.1 Å². The summed E-state index contributed by atoms with van der Waals surface area (Å²) in [6.07, 6.45) is 10.3. The standard InChI is InChI=1S/C19H25N3OS/c1-15-20-11-14-21(15)13-10-16-7-5-6-12-22(16)19(23)17-8-3-4-9-18(17)24-2/h3-4,8-9,11,14,16H,5-7,10,12-13H2,1-2H3/t16-/m1/s1. The summed E-state index contributed by atoms with van der Waals surface area (Å²) in [7, 11) is 0. The van der Waals surface area contributed by atoms with E-state index >= 15 is 0 Å². The molecular formula is C19H25N3OS. The van der Waals surface area contributed by atoms with Gasteiger partial charge < -0.3 is 9.47 Å². The van der Waals surface area contributed by atoms with Crippen LogP contribution in [-0.4, -0.2) is 39.2 Å². The van der Waals surface area contributed by atoms with Crippen molar-refractivity contribution in [2.24, 2.45) is 0 Å². The molecule has 1 saturated heterocycles. The van der Waals surface area contributed by atoms with Crippen LogP contribution < -0.4 is 0 Å². The summed E-state index contributed by atoms with van der Waals surface area (Å²) in [5, 5.41) is 0. The maximum atomic E-state index is 13.1. The molecule has 1 aliphatic rings. The highest BCUT2D eigenvalue weighted by atomic mass is 32.2. The molecule has 0 aliphatic carbocycles. The highest BCUT2D eigenvalue weighted by molar-refractivity contribution is 7.98. The van der Waals surface area contributed by atoms with Crippen molar-refractivity contribution in [3.8, 4) is 0 Å². The normalized spacial score (nSPS) is 17.9. The topological polar surface area (TPSA) is 38.1 Å². The number of piperidine rings is 1. The Bertz CT molecular complexity index is 697. The summed E-state index contributed by atoms with van der Waals surface area (Å²) < 4.78 is 2.17. The number of nitrogens with zero attached hydrogens (tertiary/aromatic N) is 3. The minimum absolute atomic E-state index is 0.187. The number of carbonyl (C=O) groups excluding carboxylic acids is 1. The van der Waals surface area contributed by atoms with Crippen LogP contribution >= 0.6 is 11.8 Å². The average molecular weight is 343 g/mol. The number of thioether (sulfide) groups is 1. The zero-order chi connectivity index (χ0) is 16.9. The van der Waals surface area contributed by atoms with Crippen molar-refractivity contribution in [1.82, 2.24) is 14.5 Å². The largest absolute Gasteiger partial charge is 0.336 e. The van der Waals surface area contributed by atoms with Gasteiger partial charge >= 0.3 is 0 Å². The maximum absolute atomic E-state index is 13.1. The summed E-state index contributed by atoms with van der Waals surface area (Å²) >= 11 is 1.64. The van der Waals surface area contributed by atoms with Gasteiger partial charge in [0.2, 0.25) is 0 Å². The summed E-state index contributed by atoms with van der Waals surface area (Å²) in [5.41, 5.74) is 0.843. The predicted octanol–water partition coefficient (Wildman–Crippen LogP) is 4.00. The summed E-state index contributed by atoms with van der Waals surface area (Å²) in [6, 6.07) is 8.27. The Hall–Kier alpha value is -1.75. The van der Waals surface area contributed by atoms with E-state index in [0.717, 1.165) is 48.6 Å². The van der Waals surface area contributed by atoms with Crippen LogP contribution in [0.5, 0.6) is 0 Å². The van der Waals surface area contributed by atoms with E-state index in [4.69, 9.17) is 0 Å². The molecule has 2 heterocycles. The molecule has 1 aliphatic heterocycles. The third kappa shape index (κ3) is 3.66. The predicted molar refractivity (Wildman–Crippen MR) is 98.5 cm³/mol. The summed E-state index contributed by atoms with van der Waals surface area (Å²) in [5.74, 6) is 1.23. The number of aromatic nitrogens is 2. The molecule has 5 heteroatoms. The molecule has 2 aromatic rings. The SMILES string of the molecule is CSc1ccccc1C(=O)N1CCCC[C@@H]1CCn1ccnc1C. The zero-order valence-corrected chi connectivity index (χ0v) is 15.3. The Balaban J connectivity index is 1.74. The smallest absolute Gasteiger partial charge is 0.255 e. The van der Waals surface area contributed by atoms with Crippen LogP contribution in [0.15, 0.2) is 41.6 Å². The van der Waals surface area contributed by atoms with Crippen LogP contribution in [0.4, 0.5) is 0 Å². The molecule has 0 spiro atoms. The molecule has 1 aromatic heterocycles. The van der Waals surface area contributed by atoms with E-state index in [1.165, 1.54) is 6.42 Å². The number of hydrogen-bond acceptors (Lipinski definition) is 3. The van der Waals surface area contributed by atoms with E-state index in [-0.39, 0.29) is 5.91 Å². The van der Waals surface area contributed by atoms with E-state index in [0.29, 0.717) is 6.04 Å². The van der Waals surface area contributed by atoms with Crippen LogP contribution in [0.25, 0.3) is 0 Å². The van der Waals surface area contributed by atoms with Crippen molar-refractivity contribution < 1.29 is 4.79 Å². The molecule has 3 rings (SSSR count). The molecule has 0 radical (unpaired) electrons. The maximum Gasteiger partial charge on any atom is 0.255 e. The number of benzene rings is 1. The summed E-state index contributed by atoms with van der Waals surface area (Å²) in [4.78, 5) is 20.6. The van der Waals surface area contributed by atoms with Crippen LogP contribution in [0, 0.1) is 6.92 Å². The minimum Gasteiger partial charge on any atom is -0.336 e. The fraction of sp³-hybridized carbons (Fsp3) is 0.474. The highest BCUT2D eigenvalue weighted by Crippen LogP contribution is 2.26. The fourth-order valence-corrected chi connectivity index (χ4v) is 4.06. The second-order valence-electron chi connectivity index (χ2n) is 6.30. The Morgan fingerprint density at radius 3 is 2.92 bits per heavy atom. The molecule has 0 N–H and O–H groups in total. The van der Waals surface area contributed by atoms with Gasteiger partial charge in [0.15, 0.2) is 0 Å². The van der Waals surface area contributed by atoms with E-state index in [1.54, 1.807) is 11.8 Å². The van der Waals surface area contributed by atoms with Crippen LogP contribution in [0.1, 0.15) is 41.9 Å². The van der Waals surface area contributed by atoms with E-state index < -0.39 is 0 Å². The minimum atomic E-state index is 0.187. The fourth-order valence-electron chi connectivity index (χ4n) is 3.47. The molecule has 4 nitrogen and oxygen atoms in total. The number of hydrogen-bond donors (Lipinski definition) is 0. The van der Waals surface area contributed by atoms with Crippen LogP contribution in [0.2, 0.25) is 0 Å². The van der Waals surface area contributed by atoms with Gasteiger partial charge in [-0.2, -0.15) is 0 Å². The molecule has 128 valence electrons. The van der Waals surface area contributed by atoms with Crippen molar-refractivity contribution >= 4 is 17.7 Å². The van der Waals surface area contributed by atoms with Gasteiger partial charge in [-0.25, -0.2) is 4.98 Å². The number of imidazole rings is 1. The number of rotatable bonds is 5. The van der Waals surface area contributed by atoms with Gasteiger partial charge in [0.25, 0.3) is 5.91 Å². The van der Waals surface area contributed by atoms with E-state index in [1.807, 2.05) is 49.8 Å². The number of carbonyl (C=O) groups is 1. The lowest BCUT2D eigenvalue weighted by atomic mass is 9.98. The zero-order valence-electron chi connectivity index (χ0n) is 14.4. The summed E-state index contributed by atoms with van der Waals surface area (Å²) in [6.45, 7) is 3.82. The number of aryl methyl sites for hydroxylation is 2. The molecule has 0 unspecified atom stereocenters. The third-order valence-electron chi connectivity index (χ3n) is 4.85. The van der Waals surface area contributed by atoms with Crippen molar-refractivity contribution in [1.29, 1.82) is 0 Å². The Morgan fingerprint density at radius 2 is 2.17 bits per heavy atom. The van der Waals surface area contributed by atoms with E-state index in [2.05, 4.69) is 14.5 Å². The first-order chi connectivity index (χ1) is 11.7. The first kappa shape index (κ1) is 17.1. The third-order valence-corrected chi connectivity index (χ3v) is 5.65. The van der Waals surface area contributed by atoms with Gasteiger partial charge in [0.05, 0.1) is 5.56 Å². The molecule has 24 heavy (non-hydrogen) atoms. The molecule has 1 amide bonds. The lowest BCUT2D eigenvalue weighted by Gasteiger charge is -2.36. The quantitative estimate of drug-likeness (QED) is 0.770. The van der Waals surface area contributed by atoms with Crippen LogP contribution in [-0.2, 0) is 6.54 Å². The molecule has 0 saturated carbocycles. The van der Waals surface area contributed by atoms with Gasteiger partial charge in [0, 0.05) is 36.4 Å². The van der Waals surface area contributed by atoms with Crippen molar-refractivity contribution in [3.05, 3.63) is 48.0 Å².